The van der Waals surface area contributed by atoms with Gasteiger partial charge in [0.25, 0.3) is 0 Å². The van der Waals surface area contributed by atoms with Crippen LogP contribution in [0, 0.1) is 5.92 Å². The predicted molar refractivity (Wildman–Crippen MR) is 73.8 cm³/mol. The van der Waals surface area contributed by atoms with Gasteiger partial charge in [-0.3, -0.25) is 16.3 Å². The van der Waals surface area contributed by atoms with Gasteiger partial charge in [0.1, 0.15) is 0 Å². The van der Waals surface area contributed by atoms with E-state index < -0.39 is 0 Å². The van der Waals surface area contributed by atoms with Gasteiger partial charge in [0, 0.05) is 15.1 Å². The molecule has 90 valence electrons. The molecule has 0 radical (unpaired) electrons. The third-order valence-corrected chi connectivity index (χ3v) is 3.90. The molecule has 5 heteroatoms. The molecule has 1 unspecified atom stereocenters. The van der Waals surface area contributed by atoms with E-state index in [9.17, 15) is 0 Å². The Labute approximate surface area is 113 Å². The number of nitrogens with zero attached hydrogens (tertiary/aromatic N) is 1. The molecule has 0 saturated carbocycles. The van der Waals surface area contributed by atoms with Crippen LogP contribution < -0.4 is 11.3 Å². The molecule has 3 N–H and O–H groups in total. The zero-order valence-corrected chi connectivity index (χ0v) is 12.7. The van der Waals surface area contributed by atoms with Crippen LogP contribution in [0.3, 0.4) is 0 Å². The van der Waals surface area contributed by atoms with Gasteiger partial charge < -0.3 is 0 Å². The van der Waals surface area contributed by atoms with E-state index in [1.165, 1.54) is 0 Å². The van der Waals surface area contributed by atoms with Gasteiger partial charge in [0.2, 0.25) is 0 Å². The average Bonchev–Trinajstić information content (AvgIpc) is 2.27. The fourth-order valence-electron chi connectivity index (χ4n) is 1.85. The van der Waals surface area contributed by atoms with Crippen LogP contribution >= 0.6 is 31.9 Å². The molecule has 1 aromatic heterocycles. The molecule has 1 atom stereocenters. The monoisotopic (exact) mass is 349 g/mol. The number of rotatable bonds is 5. The number of hydrogen-bond donors (Lipinski definition) is 2. The Morgan fingerprint density at radius 1 is 1.38 bits per heavy atom. The summed E-state index contributed by atoms with van der Waals surface area (Å²) in [5.41, 5.74) is 3.84. The molecule has 3 nitrogen and oxygen atoms in total. The first-order chi connectivity index (χ1) is 7.63. The smallest absolute Gasteiger partial charge is 0.0732 e. The third kappa shape index (κ3) is 3.26. The summed E-state index contributed by atoms with van der Waals surface area (Å²) in [7, 11) is 0. The molecular formula is C11H17Br2N3. The lowest BCUT2D eigenvalue weighted by Gasteiger charge is -2.24. The lowest BCUT2D eigenvalue weighted by atomic mass is 9.92. The Kier molecular flexibility index (Phi) is 5.89. The van der Waals surface area contributed by atoms with E-state index in [0.717, 1.165) is 27.5 Å². The molecule has 1 heterocycles. The van der Waals surface area contributed by atoms with Gasteiger partial charge in [-0.15, -0.1) is 0 Å². The number of hydrazine groups is 1. The van der Waals surface area contributed by atoms with Crippen LogP contribution in [0.4, 0.5) is 0 Å². The largest absolute Gasteiger partial charge is 0.271 e. The van der Waals surface area contributed by atoms with Crippen LogP contribution in [0.1, 0.15) is 38.4 Å². The molecule has 0 aromatic carbocycles. The van der Waals surface area contributed by atoms with Gasteiger partial charge in [0.05, 0.1) is 11.7 Å². The molecule has 0 aliphatic rings. The first-order valence-electron chi connectivity index (χ1n) is 5.41. The van der Waals surface area contributed by atoms with E-state index >= 15 is 0 Å². The van der Waals surface area contributed by atoms with E-state index in [2.05, 4.69) is 56.1 Å². The zero-order chi connectivity index (χ0) is 12.1. The van der Waals surface area contributed by atoms with Crippen LogP contribution in [-0.4, -0.2) is 4.98 Å². The molecule has 1 aromatic rings. The molecule has 0 saturated heterocycles. The Bertz CT molecular complexity index is 340. The van der Waals surface area contributed by atoms with E-state index in [0.29, 0.717) is 5.92 Å². The van der Waals surface area contributed by atoms with Gasteiger partial charge in [-0.2, -0.15) is 0 Å². The normalized spacial score (nSPS) is 13.1. The van der Waals surface area contributed by atoms with Crippen molar-refractivity contribution in [1.29, 1.82) is 0 Å². The van der Waals surface area contributed by atoms with Crippen LogP contribution in [0.5, 0.6) is 0 Å². The molecule has 0 bridgehead atoms. The average molecular weight is 351 g/mol. The molecule has 0 spiro atoms. The number of nitrogens with two attached hydrogens (primary N) is 1. The van der Waals surface area contributed by atoms with E-state index in [-0.39, 0.29) is 6.04 Å². The molecule has 0 aliphatic heterocycles. The standard InChI is InChI=1S/C11H17Br2N3/c1-3-7(4-2)10(16-14)11-9(13)5-8(12)6-15-11/h5-7,10,16H,3-4,14H2,1-2H3. The number of nitrogens with one attached hydrogen (secondary N) is 1. The second-order valence-corrected chi connectivity index (χ2v) is 5.51. The first kappa shape index (κ1) is 14.1. The van der Waals surface area contributed by atoms with Crippen LogP contribution in [0.25, 0.3) is 0 Å². The van der Waals surface area contributed by atoms with Crippen molar-refractivity contribution in [3.63, 3.8) is 0 Å². The highest BCUT2D eigenvalue weighted by Gasteiger charge is 2.22. The Morgan fingerprint density at radius 2 is 2.00 bits per heavy atom. The minimum Gasteiger partial charge on any atom is -0.271 e. The van der Waals surface area contributed by atoms with Crippen molar-refractivity contribution in [1.82, 2.24) is 10.4 Å². The number of pyridine rings is 1. The molecule has 1 rings (SSSR count). The molecular weight excluding hydrogens is 334 g/mol. The van der Waals surface area contributed by atoms with E-state index in [1.54, 1.807) is 6.20 Å². The summed E-state index contributed by atoms with van der Waals surface area (Å²) in [5, 5.41) is 0. The summed E-state index contributed by atoms with van der Waals surface area (Å²) in [6, 6.07) is 2.09. The van der Waals surface area contributed by atoms with Crippen molar-refractivity contribution in [2.45, 2.75) is 32.7 Å². The van der Waals surface area contributed by atoms with Gasteiger partial charge in [-0.05, 0) is 43.8 Å². The third-order valence-electron chi connectivity index (χ3n) is 2.83. The van der Waals surface area contributed by atoms with Gasteiger partial charge >= 0.3 is 0 Å². The van der Waals surface area contributed by atoms with Crippen molar-refractivity contribution in [2.75, 3.05) is 0 Å². The SMILES string of the molecule is CCC(CC)C(NN)c1ncc(Br)cc1Br. The summed E-state index contributed by atoms with van der Waals surface area (Å²) >= 11 is 6.92. The Morgan fingerprint density at radius 3 is 2.44 bits per heavy atom. The number of halogens is 2. The molecule has 16 heavy (non-hydrogen) atoms. The number of aromatic nitrogens is 1. The molecule has 0 aliphatic carbocycles. The predicted octanol–water partition coefficient (Wildman–Crippen LogP) is 3.55. The fraction of sp³-hybridized carbons (Fsp3) is 0.545. The lowest BCUT2D eigenvalue weighted by Crippen LogP contribution is -2.34. The maximum atomic E-state index is 5.64. The van der Waals surface area contributed by atoms with Crippen LogP contribution in [0.15, 0.2) is 21.2 Å². The highest BCUT2D eigenvalue weighted by molar-refractivity contribution is 9.11. The van der Waals surface area contributed by atoms with Gasteiger partial charge in [-0.25, -0.2) is 0 Å². The second-order valence-electron chi connectivity index (χ2n) is 3.74. The van der Waals surface area contributed by atoms with Crippen LogP contribution in [-0.2, 0) is 0 Å². The van der Waals surface area contributed by atoms with Crippen molar-refractivity contribution in [2.24, 2.45) is 11.8 Å². The van der Waals surface area contributed by atoms with Crippen molar-refractivity contribution in [3.05, 3.63) is 26.9 Å². The minimum absolute atomic E-state index is 0.0949. The van der Waals surface area contributed by atoms with E-state index in [4.69, 9.17) is 5.84 Å². The second kappa shape index (κ2) is 6.69. The minimum atomic E-state index is 0.0949. The van der Waals surface area contributed by atoms with Crippen molar-refractivity contribution >= 4 is 31.9 Å². The summed E-state index contributed by atoms with van der Waals surface area (Å²) in [6.45, 7) is 4.34. The molecule has 0 fully saturated rings. The van der Waals surface area contributed by atoms with Crippen molar-refractivity contribution in [3.8, 4) is 0 Å². The maximum Gasteiger partial charge on any atom is 0.0732 e. The topological polar surface area (TPSA) is 50.9 Å². The quantitative estimate of drug-likeness (QED) is 0.630. The summed E-state index contributed by atoms with van der Waals surface area (Å²) in [5.74, 6) is 6.14. The van der Waals surface area contributed by atoms with Gasteiger partial charge in [-0.1, -0.05) is 26.7 Å². The number of hydrogen-bond acceptors (Lipinski definition) is 3. The fourth-order valence-corrected chi connectivity index (χ4v) is 3.09. The van der Waals surface area contributed by atoms with Crippen molar-refractivity contribution < 1.29 is 0 Å². The Hall–Kier alpha value is 0.0300. The highest BCUT2D eigenvalue weighted by Crippen LogP contribution is 2.31. The lowest BCUT2D eigenvalue weighted by molar-refractivity contribution is 0.338. The van der Waals surface area contributed by atoms with Gasteiger partial charge in [0.15, 0.2) is 0 Å². The van der Waals surface area contributed by atoms with E-state index in [1.807, 2.05) is 6.07 Å². The summed E-state index contributed by atoms with van der Waals surface area (Å²) < 4.78 is 1.94. The Balaban J connectivity index is 3.03. The summed E-state index contributed by atoms with van der Waals surface area (Å²) in [6.07, 6.45) is 3.96. The molecule has 0 amide bonds. The summed E-state index contributed by atoms with van der Waals surface area (Å²) in [4.78, 5) is 4.43. The zero-order valence-electron chi connectivity index (χ0n) is 9.50. The van der Waals surface area contributed by atoms with Crippen LogP contribution in [0.2, 0.25) is 0 Å². The highest BCUT2D eigenvalue weighted by atomic mass is 79.9. The maximum absolute atomic E-state index is 5.64. The first-order valence-corrected chi connectivity index (χ1v) is 6.99.